The highest BCUT2D eigenvalue weighted by Gasteiger charge is 2.21. The lowest BCUT2D eigenvalue weighted by atomic mass is 9.96. The van der Waals surface area contributed by atoms with E-state index in [0.717, 1.165) is 50.3 Å². The van der Waals surface area contributed by atoms with Crippen molar-refractivity contribution in [2.45, 2.75) is 0 Å². The van der Waals surface area contributed by atoms with Gasteiger partial charge in [0.15, 0.2) is 0 Å². The SMILES string of the molecule is c1ccc(-c2ccc(N(c3cccc(-c4cccc5c6c7c(ccc8ccccc87)ccc6n(-c6ccccc6)c45)c3)c3ccc4oc5ccccc5c4c3)cc2)cc1. The minimum Gasteiger partial charge on any atom is -0.456 e. The summed E-state index contributed by atoms with van der Waals surface area (Å²) in [7, 11) is 0. The number of para-hydroxylation sites is 3. The summed E-state index contributed by atoms with van der Waals surface area (Å²) >= 11 is 0. The van der Waals surface area contributed by atoms with Gasteiger partial charge in [0, 0.05) is 49.9 Å². The zero-order chi connectivity index (χ0) is 38.9. The van der Waals surface area contributed by atoms with Gasteiger partial charge in [0.05, 0.1) is 11.0 Å². The van der Waals surface area contributed by atoms with Gasteiger partial charge in [-0.1, -0.05) is 152 Å². The monoisotopic (exact) mass is 752 g/mol. The van der Waals surface area contributed by atoms with Crippen LogP contribution in [0.5, 0.6) is 0 Å². The Bertz CT molecular complexity index is 3540. The molecule has 0 atom stereocenters. The molecule has 12 aromatic rings. The molecule has 0 saturated carbocycles. The minimum atomic E-state index is 0.879. The van der Waals surface area contributed by atoms with Gasteiger partial charge in [-0.25, -0.2) is 0 Å². The fourth-order valence-electron chi connectivity index (χ4n) is 9.28. The lowest BCUT2D eigenvalue weighted by Crippen LogP contribution is -2.10. The second kappa shape index (κ2) is 13.4. The van der Waals surface area contributed by atoms with Crippen LogP contribution < -0.4 is 4.90 Å². The largest absolute Gasteiger partial charge is 0.456 e. The van der Waals surface area contributed by atoms with Gasteiger partial charge >= 0.3 is 0 Å². The van der Waals surface area contributed by atoms with Crippen LogP contribution in [-0.4, -0.2) is 4.57 Å². The highest BCUT2D eigenvalue weighted by molar-refractivity contribution is 6.29. The molecule has 0 unspecified atom stereocenters. The Morgan fingerprint density at radius 1 is 0.356 bits per heavy atom. The topological polar surface area (TPSA) is 21.3 Å². The first-order valence-electron chi connectivity index (χ1n) is 20.2. The van der Waals surface area contributed by atoms with Crippen LogP contribution in [0.25, 0.3) is 93.2 Å². The van der Waals surface area contributed by atoms with Crippen molar-refractivity contribution in [3.8, 4) is 27.9 Å². The highest BCUT2D eigenvalue weighted by atomic mass is 16.3. The van der Waals surface area contributed by atoms with Gasteiger partial charge < -0.3 is 13.9 Å². The molecule has 10 aromatic carbocycles. The Kier molecular flexibility index (Phi) is 7.54. The standard InChI is InChI=1S/C56H36N2O/c1-3-13-37(14-4-1)38-27-30-43(31-28-38)57(45-32-34-53-50(36-45)48-21-9-10-24-52(48)59-53)44-19-11-16-41(35-44)47-22-12-23-49-55-51(58(56(47)49)42-17-5-2-6-18-42)33-29-40-26-25-39-15-7-8-20-46(39)54(40)55/h1-36H. The van der Waals surface area contributed by atoms with Crippen LogP contribution in [0.1, 0.15) is 0 Å². The third-order valence-electron chi connectivity index (χ3n) is 11.9. The molecule has 0 spiro atoms. The number of anilines is 3. The molecule has 2 heterocycles. The maximum Gasteiger partial charge on any atom is 0.135 e. The van der Waals surface area contributed by atoms with Crippen molar-refractivity contribution in [1.29, 1.82) is 0 Å². The van der Waals surface area contributed by atoms with Crippen LogP contribution in [-0.2, 0) is 0 Å². The second-order valence-electron chi connectivity index (χ2n) is 15.3. The molecular weight excluding hydrogens is 717 g/mol. The number of nitrogens with zero attached hydrogens (tertiary/aromatic N) is 2. The molecule has 2 aromatic heterocycles. The quantitative estimate of drug-likeness (QED) is 0.158. The van der Waals surface area contributed by atoms with E-state index in [9.17, 15) is 0 Å². The lowest BCUT2D eigenvalue weighted by molar-refractivity contribution is 0.669. The Labute approximate surface area is 341 Å². The van der Waals surface area contributed by atoms with E-state index >= 15 is 0 Å². The predicted octanol–water partition coefficient (Wildman–Crippen LogP) is 15.8. The number of rotatable bonds is 6. The summed E-state index contributed by atoms with van der Waals surface area (Å²) in [6.45, 7) is 0. The number of fused-ring (bicyclic) bond motifs is 10. The Balaban J connectivity index is 1.10. The zero-order valence-corrected chi connectivity index (χ0v) is 32.1. The van der Waals surface area contributed by atoms with Crippen LogP contribution in [0.3, 0.4) is 0 Å². The summed E-state index contributed by atoms with van der Waals surface area (Å²) in [5.74, 6) is 0. The molecule has 0 radical (unpaired) electrons. The van der Waals surface area contributed by atoms with Crippen LogP contribution >= 0.6 is 0 Å². The first-order valence-corrected chi connectivity index (χ1v) is 20.2. The molecular formula is C56H36N2O. The molecule has 0 saturated heterocycles. The second-order valence-corrected chi connectivity index (χ2v) is 15.3. The highest BCUT2D eigenvalue weighted by Crippen LogP contribution is 2.45. The molecule has 0 bridgehead atoms. The van der Waals surface area contributed by atoms with Crippen molar-refractivity contribution in [3.05, 3.63) is 218 Å². The van der Waals surface area contributed by atoms with Crippen molar-refractivity contribution < 1.29 is 4.42 Å². The number of benzene rings is 10. The average molecular weight is 753 g/mol. The molecule has 59 heavy (non-hydrogen) atoms. The van der Waals surface area contributed by atoms with Crippen molar-refractivity contribution in [2.75, 3.05) is 4.90 Å². The van der Waals surface area contributed by atoms with Crippen LogP contribution in [0, 0.1) is 0 Å². The zero-order valence-electron chi connectivity index (χ0n) is 32.1. The molecule has 0 aliphatic heterocycles. The van der Waals surface area contributed by atoms with Gasteiger partial charge in [-0.3, -0.25) is 0 Å². The van der Waals surface area contributed by atoms with Crippen molar-refractivity contribution >= 4 is 82.4 Å². The van der Waals surface area contributed by atoms with Crippen molar-refractivity contribution in [1.82, 2.24) is 4.57 Å². The summed E-state index contributed by atoms with van der Waals surface area (Å²) < 4.78 is 8.75. The van der Waals surface area contributed by atoms with Gasteiger partial charge in [0.25, 0.3) is 0 Å². The van der Waals surface area contributed by atoms with Gasteiger partial charge in [0.2, 0.25) is 0 Å². The molecule has 3 heteroatoms. The summed E-state index contributed by atoms with van der Waals surface area (Å²) in [6.07, 6.45) is 0. The average Bonchev–Trinajstić information content (AvgIpc) is 3.86. The van der Waals surface area contributed by atoms with E-state index < -0.39 is 0 Å². The van der Waals surface area contributed by atoms with E-state index in [-0.39, 0.29) is 0 Å². The molecule has 0 aliphatic rings. The summed E-state index contributed by atoms with van der Waals surface area (Å²) in [5.41, 5.74) is 13.2. The number of hydrogen-bond acceptors (Lipinski definition) is 2. The van der Waals surface area contributed by atoms with E-state index in [0.29, 0.717) is 0 Å². The van der Waals surface area contributed by atoms with Gasteiger partial charge in [-0.2, -0.15) is 0 Å². The third kappa shape index (κ3) is 5.36. The summed E-state index contributed by atoms with van der Waals surface area (Å²) in [6, 6.07) is 78.8. The van der Waals surface area contributed by atoms with E-state index in [4.69, 9.17) is 4.42 Å². The van der Waals surface area contributed by atoms with Gasteiger partial charge in [-0.15, -0.1) is 0 Å². The maximum atomic E-state index is 6.28. The fourth-order valence-corrected chi connectivity index (χ4v) is 9.28. The Morgan fingerprint density at radius 3 is 1.85 bits per heavy atom. The smallest absolute Gasteiger partial charge is 0.135 e. The first-order chi connectivity index (χ1) is 29.3. The minimum absolute atomic E-state index is 0.879. The van der Waals surface area contributed by atoms with Crippen LogP contribution in [0.2, 0.25) is 0 Å². The normalized spacial score (nSPS) is 11.7. The van der Waals surface area contributed by atoms with Crippen molar-refractivity contribution in [2.24, 2.45) is 0 Å². The van der Waals surface area contributed by atoms with E-state index in [2.05, 4.69) is 216 Å². The Morgan fingerprint density at radius 2 is 0.983 bits per heavy atom. The van der Waals surface area contributed by atoms with E-state index in [1.165, 1.54) is 60.0 Å². The third-order valence-corrected chi connectivity index (χ3v) is 11.9. The molecule has 0 fully saturated rings. The number of hydrogen-bond donors (Lipinski definition) is 0. The first kappa shape index (κ1) is 33.3. The molecule has 0 amide bonds. The van der Waals surface area contributed by atoms with Crippen LogP contribution in [0.15, 0.2) is 223 Å². The van der Waals surface area contributed by atoms with Crippen LogP contribution in [0.4, 0.5) is 17.1 Å². The fraction of sp³-hybridized carbons (Fsp3) is 0. The van der Waals surface area contributed by atoms with E-state index in [1.807, 2.05) is 12.1 Å². The molecule has 3 nitrogen and oxygen atoms in total. The van der Waals surface area contributed by atoms with E-state index in [1.54, 1.807) is 0 Å². The Hall–Kier alpha value is -7.88. The number of aromatic nitrogens is 1. The molecule has 276 valence electrons. The summed E-state index contributed by atoms with van der Waals surface area (Å²) in [4.78, 5) is 2.37. The molecule has 12 rings (SSSR count). The predicted molar refractivity (Wildman–Crippen MR) is 249 cm³/mol. The van der Waals surface area contributed by atoms with Gasteiger partial charge in [-0.05, 0) is 105 Å². The van der Waals surface area contributed by atoms with Crippen molar-refractivity contribution in [3.63, 3.8) is 0 Å². The summed E-state index contributed by atoms with van der Waals surface area (Å²) in [5, 5.41) is 9.76. The molecule has 0 N–H and O–H groups in total. The lowest BCUT2D eigenvalue weighted by Gasteiger charge is -2.26. The maximum absolute atomic E-state index is 6.28. The molecule has 0 aliphatic carbocycles. The van der Waals surface area contributed by atoms with Gasteiger partial charge in [0.1, 0.15) is 11.2 Å². The number of furan rings is 1.